The molecule has 3 aromatic rings. The Morgan fingerprint density at radius 1 is 1.00 bits per heavy atom. The second-order valence-corrected chi connectivity index (χ2v) is 12.2. The van der Waals surface area contributed by atoms with Crippen LogP contribution >= 0.6 is 11.6 Å². The fourth-order valence-electron chi connectivity index (χ4n) is 6.45. The number of nitrogens with zero attached hydrogens (tertiary/aromatic N) is 5. The average molecular weight is 537 g/mol. The molecule has 1 aliphatic heterocycles. The molecule has 3 heterocycles. The van der Waals surface area contributed by atoms with E-state index in [0.29, 0.717) is 30.0 Å². The van der Waals surface area contributed by atoms with E-state index in [-0.39, 0.29) is 0 Å². The van der Waals surface area contributed by atoms with Crippen LogP contribution in [0.5, 0.6) is 0 Å². The van der Waals surface area contributed by atoms with Gasteiger partial charge in [-0.2, -0.15) is 9.97 Å². The molecule has 0 unspecified atom stereocenters. The maximum atomic E-state index is 6.37. The van der Waals surface area contributed by atoms with Gasteiger partial charge >= 0.3 is 0 Å². The summed E-state index contributed by atoms with van der Waals surface area (Å²) in [6.45, 7) is 4.01. The molecule has 2 aromatic heterocycles. The summed E-state index contributed by atoms with van der Waals surface area (Å²) in [4.78, 5) is 14.8. The van der Waals surface area contributed by atoms with Crippen LogP contribution in [0.15, 0.2) is 24.5 Å². The average Bonchev–Trinajstić information content (AvgIpc) is 3.59. The van der Waals surface area contributed by atoms with E-state index in [9.17, 15) is 0 Å². The first-order chi connectivity index (χ1) is 18.5. The van der Waals surface area contributed by atoms with Crippen LogP contribution in [0.2, 0.25) is 5.02 Å². The fraction of sp³-hybridized carbons (Fsp3) is 0.621. The Hall–Kier alpha value is -2.42. The number of imidazole rings is 1. The molecule has 0 spiro atoms. The Bertz CT molecular complexity index is 1240. The summed E-state index contributed by atoms with van der Waals surface area (Å²) in [5.41, 5.74) is 14.1. The molecule has 8 nitrogen and oxygen atoms in total. The predicted octanol–water partition coefficient (Wildman–Crippen LogP) is 5.87. The zero-order valence-electron chi connectivity index (χ0n) is 22.5. The highest BCUT2D eigenvalue weighted by Gasteiger charge is 2.26. The summed E-state index contributed by atoms with van der Waals surface area (Å²) >= 11 is 6.37. The highest BCUT2D eigenvalue weighted by atomic mass is 35.5. The maximum absolute atomic E-state index is 6.37. The van der Waals surface area contributed by atoms with Gasteiger partial charge in [0.05, 0.1) is 6.33 Å². The zero-order chi connectivity index (χ0) is 26.1. The van der Waals surface area contributed by atoms with Crippen LogP contribution < -0.4 is 16.5 Å². The van der Waals surface area contributed by atoms with Gasteiger partial charge in [0.2, 0.25) is 5.95 Å². The second-order valence-electron chi connectivity index (χ2n) is 11.7. The van der Waals surface area contributed by atoms with Gasteiger partial charge in [-0.1, -0.05) is 36.6 Å². The number of nitrogens with two attached hydrogens (primary N) is 1. The molecule has 3 fully saturated rings. The van der Waals surface area contributed by atoms with Gasteiger partial charge in [0, 0.05) is 36.2 Å². The molecule has 0 amide bonds. The quantitative estimate of drug-likeness (QED) is 0.347. The molecule has 3 aliphatic rings. The molecule has 1 saturated heterocycles. The van der Waals surface area contributed by atoms with E-state index in [1.165, 1.54) is 31.2 Å². The lowest BCUT2D eigenvalue weighted by atomic mass is 9.90. The molecule has 2 saturated carbocycles. The van der Waals surface area contributed by atoms with Crippen LogP contribution in [-0.4, -0.2) is 49.7 Å². The SMILES string of the molecule is Cc1ccc(CC2CCN(Nc3nc(NC4CCC(N)CC4)nc4c3ncn4C3CCCC3)CC2)cc1Cl. The first-order valence-corrected chi connectivity index (χ1v) is 14.9. The van der Waals surface area contributed by atoms with E-state index < -0.39 is 0 Å². The standard InChI is InChI=1S/C29H41ClN8/c1-19-6-7-21(17-25(19)30)16-20-12-14-37(15-13-20)36-27-26-28(38(18-32-26)24-4-2-3-5-24)35-29(34-27)33-23-10-8-22(31)9-11-23/h6-7,17-18,20,22-24H,2-5,8-16,31H2,1H3,(H2,33,34,35,36). The fourth-order valence-corrected chi connectivity index (χ4v) is 6.65. The third kappa shape index (κ3) is 5.77. The van der Waals surface area contributed by atoms with Crippen molar-refractivity contribution in [2.24, 2.45) is 11.7 Å². The number of aryl methyl sites for hydroxylation is 1. The van der Waals surface area contributed by atoms with Crippen molar-refractivity contribution in [3.05, 3.63) is 40.7 Å². The minimum Gasteiger partial charge on any atom is -0.351 e. The number of fused-ring (bicyclic) bond motifs is 1. The molecule has 0 bridgehead atoms. The molecular weight excluding hydrogens is 496 g/mol. The highest BCUT2D eigenvalue weighted by molar-refractivity contribution is 6.31. The van der Waals surface area contributed by atoms with Crippen LogP contribution in [0.4, 0.5) is 11.8 Å². The van der Waals surface area contributed by atoms with Gasteiger partial charge in [0.1, 0.15) is 0 Å². The van der Waals surface area contributed by atoms with Gasteiger partial charge in [-0.15, -0.1) is 0 Å². The van der Waals surface area contributed by atoms with E-state index in [1.54, 1.807) is 0 Å². The second kappa shape index (κ2) is 11.4. The van der Waals surface area contributed by atoms with Crippen molar-refractivity contribution in [3.8, 4) is 0 Å². The molecule has 38 heavy (non-hydrogen) atoms. The molecule has 2 aliphatic carbocycles. The zero-order valence-corrected chi connectivity index (χ0v) is 23.3. The van der Waals surface area contributed by atoms with Gasteiger partial charge in [0.25, 0.3) is 0 Å². The van der Waals surface area contributed by atoms with Gasteiger partial charge < -0.3 is 21.0 Å². The van der Waals surface area contributed by atoms with E-state index in [1.807, 2.05) is 6.33 Å². The molecule has 0 radical (unpaired) electrons. The van der Waals surface area contributed by atoms with Crippen molar-refractivity contribution in [2.75, 3.05) is 23.8 Å². The van der Waals surface area contributed by atoms with E-state index >= 15 is 0 Å². The number of hydrogen-bond donors (Lipinski definition) is 3. The van der Waals surface area contributed by atoms with Crippen molar-refractivity contribution < 1.29 is 0 Å². The third-order valence-electron chi connectivity index (χ3n) is 8.88. The van der Waals surface area contributed by atoms with Crippen LogP contribution in [0.1, 0.15) is 81.4 Å². The van der Waals surface area contributed by atoms with Gasteiger partial charge in [-0.05, 0) is 87.8 Å². The number of anilines is 2. The van der Waals surface area contributed by atoms with E-state index in [2.05, 4.69) is 45.4 Å². The predicted molar refractivity (Wildman–Crippen MR) is 154 cm³/mol. The number of hydrogen-bond acceptors (Lipinski definition) is 7. The summed E-state index contributed by atoms with van der Waals surface area (Å²) in [6, 6.07) is 7.66. The van der Waals surface area contributed by atoms with Gasteiger partial charge in [-0.25, -0.2) is 9.99 Å². The normalized spacial score (nSPS) is 23.8. The molecule has 204 valence electrons. The van der Waals surface area contributed by atoms with E-state index in [0.717, 1.165) is 85.6 Å². The van der Waals surface area contributed by atoms with Crippen LogP contribution in [0.25, 0.3) is 11.2 Å². The monoisotopic (exact) mass is 536 g/mol. The summed E-state index contributed by atoms with van der Waals surface area (Å²) in [7, 11) is 0. The number of aromatic nitrogens is 4. The van der Waals surface area contributed by atoms with Crippen molar-refractivity contribution in [2.45, 2.75) is 95.7 Å². The third-order valence-corrected chi connectivity index (χ3v) is 9.29. The van der Waals surface area contributed by atoms with Crippen molar-refractivity contribution >= 4 is 34.5 Å². The lowest BCUT2D eigenvalue weighted by Gasteiger charge is -2.32. The number of hydrazine groups is 1. The molecule has 0 atom stereocenters. The maximum Gasteiger partial charge on any atom is 0.227 e. The Morgan fingerprint density at radius 2 is 1.76 bits per heavy atom. The first kappa shape index (κ1) is 25.8. The Balaban J connectivity index is 1.17. The van der Waals surface area contributed by atoms with Gasteiger partial charge in [-0.3, -0.25) is 0 Å². The van der Waals surface area contributed by atoms with Crippen LogP contribution in [0, 0.1) is 12.8 Å². The Kier molecular flexibility index (Phi) is 7.73. The highest BCUT2D eigenvalue weighted by Crippen LogP contribution is 2.34. The molecule has 9 heteroatoms. The summed E-state index contributed by atoms with van der Waals surface area (Å²) in [5, 5.41) is 6.80. The number of benzene rings is 1. The molecule has 4 N–H and O–H groups in total. The van der Waals surface area contributed by atoms with Crippen molar-refractivity contribution in [1.82, 2.24) is 24.5 Å². The summed E-state index contributed by atoms with van der Waals surface area (Å²) in [5.74, 6) is 2.17. The largest absolute Gasteiger partial charge is 0.351 e. The lowest BCUT2D eigenvalue weighted by molar-refractivity contribution is 0.216. The summed E-state index contributed by atoms with van der Waals surface area (Å²) < 4.78 is 2.29. The topological polar surface area (TPSA) is 96.9 Å². The van der Waals surface area contributed by atoms with Crippen LogP contribution in [0.3, 0.4) is 0 Å². The number of nitrogens with one attached hydrogen (secondary N) is 2. The van der Waals surface area contributed by atoms with Crippen molar-refractivity contribution in [3.63, 3.8) is 0 Å². The number of halogens is 1. The Morgan fingerprint density at radius 3 is 2.50 bits per heavy atom. The minimum atomic E-state index is 0.323. The van der Waals surface area contributed by atoms with Gasteiger partial charge in [0.15, 0.2) is 17.0 Å². The molecule has 6 rings (SSSR count). The smallest absolute Gasteiger partial charge is 0.227 e. The lowest BCUT2D eigenvalue weighted by Crippen LogP contribution is -2.39. The van der Waals surface area contributed by atoms with Crippen molar-refractivity contribution in [1.29, 1.82) is 0 Å². The molecular formula is C29H41ClN8. The Labute approximate surface area is 230 Å². The van der Waals surface area contributed by atoms with E-state index in [4.69, 9.17) is 32.3 Å². The number of rotatable bonds is 7. The first-order valence-electron chi connectivity index (χ1n) is 14.5. The molecule has 1 aromatic carbocycles. The summed E-state index contributed by atoms with van der Waals surface area (Å²) in [6.07, 6.45) is 14.5. The number of piperidine rings is 1. The minimum absolute atomic E-state index is 0.323. The van der Waals surface area contributed by atoms with Crippen LogP contribution in [-0.2, 0) is 6.42 Å².